The molecule has 0 aliphatic carbocycles. The van der Waals surface area contributed by atoms with Gasteiger partial charge in [0.2, 0.25) is 0 Å². The monoisotopic (exact) mass is 255 g/mol. The number of carbonyl (C=O) groups excluding carboxylic acids is 2. The van der Waals surface area contributed by atoms with Crippen molar-refractivity contribution in [3.63, 3.8) is 0 Å². The fraction of sp³-hybridized carbons (Fsp3) is 0.750. The third-order valence-corrected chi connectivity index (χ3v) is 1.95. The summed E-state index contributed by atoms with van der Waals surface area (Å²) in [4.78, 5) is 20.6. The van der Waals surface area contributed by atoms with Crippen LogP contribution < -0.4 is 11.3 Å². The Morgan fingerprint density at radius 2 is 1.41 bits per heavy atom. The fourth-order valence-electron chi connectivity index (χ4n) is 0.957. The lowest BCUT2D eigenvalue weighted by molar-refractivity contribution is -0.300. The van der Waals surface area contributed by atoms with E-state index >= 15 is 0 Å². The average Bonchev–Trinajstić information content (AvgIpc) is 2.25. The molecule has 9 N–H and O–H groups in total. The summed E-state index contributed by atoms with van der Waals surface area (Å²) in [5, 5.41) is 54.8. The van der Waals surface area contributed by atoms with Crippen LogP contribution in [0.3, 0.4) is 0 Å². The number of aliphatic hydroxyl groups excluding tert-OH is 5. The van der Waals surface area contributed by atoms with Crippen LogP contribution in [0.4, 0.5) is 0 Å². The molecule has 0 aromatic heterocycles. The van der Waals surface area contributed by atoms with Gasteiger partial charge in [0.05, 0.1) is 12.7 Å². The van der Waals surface area contributed by atoms with E-state index in [9.17, 15) is 19.8 Å². The molecule has 0 amide bonds. The molecule has 4 atom stereocenters. The smallest absolute Gasteiger partial charge is 0.180 e. The lowest BCUT2D eigenvalue weighted by Crippen LogP contribution is -2.47. The highest BCUT2D eigenvalue weighted by molar-refractivity contribution is 6.31. The van der Waals surface area contributed by atoms with Crippen molar-refractivity contribution in [2.75, 3.05) is 6.61 Å². The van der Waals surface area contributed by atoms with E-state index in [-0.39, 0.29) is 6.15 Å². The quantitative estimate of drug-likeness (QED) is 0.245. The number of hydrogen-bond donors (Lipinski definition) is 6. The van der Waals surface area contributed by atoms with Crippen LogP contribution >= 0.6 is 0 Å². The molecule has 0 aromatic carbocycles. The molecule has 17 heavy (non-hydrogen) atoms. The van der Waals surface area contributed by atoms with Crippen LogP contribution in [-0.4, -0.2) is 68.3 Å². The molecule has 0 aliphatic heterocycles. The zero-order valence-electron chi connectivity index (χ0n) is 9.18. The normalized spacial score (nSPS) is 17.5. The van der Waals surface area contributed by atoms with Crippen LogP contribution in [-0.2, 0) is 9.59 Å². The molecule has 0 aliphatic rings. The molecule has 0 fully saturated rings. The van der Waals surface area contributed by atoms with Crippen LogP contribution in [0.5, 0.6) is 0 Å². The van der Waals surface area contributed by atoms with E-state index in [0.29, 0.717) is 0 Å². The zero-order chi connectivity index (χ0) is 12.9. The highest BCUT2D eigenvalue weighted by Gasteiger charge is 2.31. The summed E-state index contributed by atoms with van der Waals surface area (Å²) in [5.41, 5.74) is 0. The number of aliphatic hydroxyl groups is 5. The van der Waals surface area contributed by atoms with Gasteiger partial charge in [-0.3, -0.25) is 4.79 Å². The minimum atomic E-state index is -2.02. The van der Waals surface area contributed by atoms with E-state index in [4.69, 9.17) is 20.4 Å². The van der Waals surface area contributed by atoms with Gasteiger partial charge >= 0.3 is 0 Å². The largest absolute Gasteiger partial charge is 0.542 e. The molecule has 9 nitrogen and oxygen atoms in total. The van der Waals surface area contributed by atoms with Gasteiger partial charge in [-0.25, -0.2) is 0 Å². The molecule has 0 rings (SSSR count). The number of carboxylic acid groups (broad SMARTS) is 1. The van der Waals surface area contributed by atoms with Crippen molar-refractivity contribution in [1.29, 1.82) is 0 Å². The van der Waals surface area contributed by atoms with Gasteiger partial charge in [0, 0.05) is 6.42 Å². The number of Topliss-reactive ketones (excluding diaryl/α,β-unsaturated/α-hetero) is 1. The minimum Gasteiger partial charge on any atom is -0.542 e. The third-order valence-electron chi connectivity index (χ3n) is 1.95. The van der Waals surface area contributed by atoms with Crippen LogP contribution in [0.2, 0.25) is 0 Å². The second-order valence-corrected chi connectivity index (χ2v) is 3.21. The molecule has 0 saturated carbocycles. The summed E-state index contributed by atoms with van der Waals surface area (Å²) < 4.78 is 0. The van der Waals surface area contributed by atoms with Gasteiger partial charge < -0.3 is 41.6 Å². The van der Waals surface area contributed by atoms with E-state index in [0.717, 1.165) is 0 Å². The van der Waals surface area contributed by atoms with E-state index in [1.807, 2.05) is 0 Å². The molecule has 0 bridgehead atoms. The zero-order valence-corrected chi connectivity index (χ0v) is 9.18. The maximum atomic E-state index is 10.6. The molecule has 0 aromatic rings. The van der Waals surface area contributed by atoms with E-state index in [1.165, 1.54) is 0 Å². The van der Waals surface area contributed by atoms with Crippen LogP contribution in [0.25, 0.3) is 0 Å². The predicted octanol–water partition coefficient (Wildman–Crippen LogP) is -4.49. The second kappa shape index (κ2) is 8.06. The highest BCUT2D eigenvalue weighted by Crippen LogP contribution is 2.08. The van der Waals surface area contributed by atoms with Gasteiger partial charge in [0.1, 0.15) is 24.3 Å². The van der Waals surface area contributed by atoms with Gasteiger partial charge in [-0.2, -0.15) is 0 Å². The molecule has 0 spiro atoms. The Bertz CT molecular complexity index is 258. The summed E-state index contributed by atoms with van der Waals surface area (Å²) in [5.74, 6) is -3.47. The SMILES string of the molecule is O=C([O-])C(=O)CC(O)C(O)C(O)C(O)CO.[NH4+]. The summed E-state index contributed by atoms with van der Waals surface area (Å²) in [7, 11) is 0. The molecule has 0 radical (unpaired) electrons. The average molecular weight is 255 g/mol. The first kappa shape index (κ1) is 18.3. The number of ketones is 1. The van der Waals surface area contributed by atoms with Crippen molar-refractivity contribution < 1.29 is 40.2 Å². The van der Waals surface area contributed by atoms with Crippen LogP contribution in [0.1, 0.15) is 6.42 Å². The van der Waals surface area contributed by atoms with Gasteiger partial charge in [0.15, 0.2) is 5.78 Å². The van der Waals surface area contributed by atoms with Crippen LogP contribution in [0.15, 0.2) is 0 Å². The number of carboxylic acids is 1. The number of hydrogen-bond acceptors (Lipinski definition) is 8. The Morgan fingerprint density at radius 1 is 1.00 bits per heavy atom. The molecular formula is C8H17NO8. The Hall–Kier alpha value is -1.10. The first-order valence-corrected chi connectivity index (χ1v) is 4.38. The molecule has 0 saturated heterocycles. The number of carbonyl (C=O) groups is 2. The van der Waals surface area contributed by atoms with Crippen molar-refractivity contribution >= 4 is 11.8 Å². The molecule has 102 valence electrons. The first-order valence-electron chi connectivity index (χ1n) is 4.38. The summed E-state index contributed by atoms with van der Waals surface area (Å²) in [6.45, 7) is -0.862. The Balaban J connectivity index is 0. The van der Waals surface area contributed by atoms with E-state index in [1.54, 1.807) is 0 Å². The van der Waals surface area contributed by atoms with E-state index < -0.39 is 49.2 Å². The predicted molar refractivity (Wildman–Crippen MR) is 51.7 cm³/mol. The van der Waals surface area contributed by atoms with E-state index in [2.05, 4.69) is 0 Å². The van der Waals surface area contributed by atoms with Crippen molar-refractivity contribution in [2.24, 2.45) is 0 Å². The molecule has 4 unspecified atom stereocenters. The third kappa shape index (κ3) is 5.68. The van der Waals surface area contributed by atoms with Crippen molar-refractivity contribution in [2.45, 2.75) is 30.8 Å². The number of aliphatic carboxylic acids is 1. The lowest BCUT2D eigenvalue weighted by atomic mass is 9.99. The van der Waals surface area contributed by atoms with Crippen molar-refractivity contribution in [3.8, 4) is 0 Å². The number of rotatable bonds is 7. The molecule has 9 heteroatoms. The maximum Gasteiger partial charge on any atom is 0.180 e. The lowest BCUT2D eigenvalue weighted by Gasteiger charge is -2.25. The summed E-state index contributed by atoms with van der Waals surface area (Å²) >= 11 is 0. The second-order valence-electron chi connectivity index (χ2n) is 3.21. The highest BCUT2D eigenvalue weighted by atomic mass is 16.4. The summed E-state index contributed by atoms with van der Waals surface area (Å²) in [6, 6.07) is 0. The number of quaternary nitrogens is 1. The van der Waals surface area contributed by atoms with Crippen molar-refractivity contribution in [3.05, 3.63) is 0 Å². The van der Waals surface area contributed by atoms with Gasteiger partial charge in [-0.05, 0) is 0 Å². The van der Waals surface area contributed by atoms with Crippen molar-refractivity contribution in [1.82, 2.24) is 6.15 Å². The standard InChI is InChI=1S/C8H14O8.H3N/c9-2-5(12)7(14)6(13)3(10)1-4(11)8(15)16;/h3,5-7,9-10,12-14H,1-2H2,(H,15,16);1H3. The maximum absolute atomic E-state index is 10.6. The fourth-order valence-corrected chi connectivity index (χ4v) is 0.957. The van der Waals surface area contributed by atoms with Crippen LogP contribution in [0, 0.1) is 0 Å². The molecular weight excluding hydrogens is 238 g/mol. The summed E-state index contributed by atoms with van der Waals surface area (Å²) in [6.07, 6.45) is -8.39. The van der Waals surface area contributed by atoms with Gasteiger partial charge in [0.25, 0.3) is 0 Å². The minimum absolute atomic E-state index is 0. The first-order chi connectivity index (χ1) is 7.31. The molecule has 0 heterocycles. The Kier molecular flexibility index (Phi) is 8.66. The Morgan fingerprint density at radius 3 is 1.76 bits per heavy atom. The topological polar surface area (TPSA) is 195 Å². The van der Waals surface area contributed by atoms with Gasteiger partial charge in [-0.1, -0.05) is 0 Å². The Labute approximate surface area is 96.5 Å². The van der Waals surface area contributed by atoms with Gasteiger partial charge in [-0.15, -0.1) is 0 Å².